The highest BCUT2D eigenvalue weighted by Gasteiger charge is 2.06. The van der Waals surface area contributed by atoms with Gasteiger partial charge in [0.05, 0.1) is 12.0 Å². The number of nitrogens with one attached hydrogen (secondary N) is 1. The first-order valence-corrected chi connectivity index (χ1v) is 5.45. The molecule has 4 N–H and O–H groups in total. The van der Waals surface area contributed by atoms with Gasteiger partial charge in [0.1, 0.15) is 5.69 Å². The van der Waals surface area contributed by atoms with Gasteiger partial charge < -0.3 is 16.2 Å². The van der Waals surface area contributed by atoms with E-state index in [1.807, 2.05) is 12.1 Å². The number of nitrogens with two attached hydrogens (primary N) is 1. The molecule has 0 amide bonds. The quantitative estimate of drug-likeness (QED) is 0.675. The van der Waals surface area contributed by atoms with Crippen LogP contribution in [0.5, 0.6) is 0 Å². The number of aliphatic hydroxyl groups is 1. The van der Waals surface area contributed by atoms with Gasteiger partial charge in [-0.1, -0.05) is 24.3 Å². The molecule has 92 valence electrons. The third-order valence-corrected chi connectivity index (χ3v) is 2.56. The number of benzene rings is 1. The summed E-state index contributed by atoms with van der Waals surface area (Å²) in [4.78, 5) is 8.24. The molecule has 0 atom stereocenters. The van der Waals surface area contributed by atoms with E-state index in [2.05, 4.69) is 15.3 Å². The molecule has 0 unspecified atom stereocenters. The third-order valence-electron chi connectivity index (χ3n) is 2.56. The minimum Gasteiger partial charge on any atom is -0.515 e. The molecule has 0 radical (unpaired) electrons. The number of hydrogen-bond acceptors (Lipinski definition) is 5. The summed E-state index contributed by atoms with van der Waals surface area (Å²) in [5.41, 5.74) is 7.22. The van der Waals surface area contributed by atoms with E-state index >= 15 is 0 Å². The SMILES string of the molecule is CNC(c1nccnc1N)=c1ccc(=CO)cc1. The number of aromatic nitrogens is 2. The van der Waals surface area contributed by atoms with Gasteiger partial charge in [0.2, 0.25) is 0 Å². The predicted molar refractivity (Wildman–Crippen MR) is 70.8 cm³/mol. The van der Waals surface area contributed by atoms with E-state index in [-0.39, 0.29) is 0 Å². The summed E-state index contributed by atoms with van der Waals surface area (Å²) in [7, 11) is 1.80. The summed E-state index contributed by atoms with van der Waals surface area (Å²) in [6, 6.07) is 7.36. The third kappa shape index (κ3) is 2.24. The van der Waals surface area contributed by atoms with Crippen LogP contribution in [0, 0.1) is 0 Å². The molecule has 18 heavy (non-hydrogen) atoms. The Labute approximate surface area is 104 Å². The van der Waals surface area contributed by atoms with Crippen molar-refractivity contribution in [2.24, 2.45) is 0 Å². The van der Waals surface area contributed by atoms with Crippen LogP contribution in [0.2, 0.25) is 0 Å². The van der Waals surface area contributed by atoms with Crippen molar-refractivity contribution in [3.05, 3.63) is 52.8 Å². The lowest BCUT2D eigenvalue weighted by Crippen LogP contribution is -2.21. The standard InChI is InChI=1S/C13H14N4O/c1-15-11(12-13(14)17-7-6-16-12)10-4-2-9(8-18)3-5-10/h2-8,15,18H,1H3,(H2,14,17). The highest BCUT2D eigenvalue weighted by molar-refractivity contribution is 5.67. The van der Waals surface area contributed by atoms with Crippen LogP contribution in [0.1, 0.15) is 5.69 Å². The molecular weight excluding hydrogens is 228 g/mol. The van der Waals surface area contributed by atoms with Crippen LogP contribution in [0.4, 0.5) is 5.82 Å². The van der Waals surface area contributed by atoms with E-state index < -0.39 is 0 Å². The second kappa shape index (κ2) is 5.18. The van der Waals surface area contributed by atoms with Crippen LogP contribution in [0.15, 0.2) is 36.7 Å². The number of rotatable bonds is 2. The van der Waals surface area contributed by atoms with Crippen LogP contribution in [-0.2, 0) is 0 Å². The molecule has 0 aliphatic rings. The fourth-order valence-electron chi connectivity index (χ4n) is 1.68. The van der Waals surface area contributed by atoms with Gasteiger partial charge in [-0.3, -0.25) is 0 Å². The monoisotopic (exact) mass is 242 g/mol. The van der Waals surface area contributed by atoms with Crippen LogP contribution in [0.3, 0.4) is 0 Å². The zero-order valence-corrected chi connectivity index (χ0v) is 9.96. The van der Waals surface area contributed by atoms with Crippen LogP contribution in [-0.4, -0.2) is 22.1 Å². The summed E-state index contributed by atoms with van der Waals surface area (Å²) in [6.07, 6.45) is 4.20. The Hall–Kier alpha value is -2.56. The summed E-state index contributed by atoms with van der Waals surface area (Å²) < 4.78 is 0. The summed E-state index contributed by atoms with van der Waals surface area (Å²) in [5, 5.41) is 13.6. The molecule has 2 rings (SSSR count). The molecular formula is C13H14N4O. The van der Waals surface area contributed by atoms with Crippen molar-refractivity contribution < 1.29 is 5.11 Å². The fourth-order valence-corrected chi connectivity index (χ4v) is 1.68. The molecule has 0 bridgehead atoms. The molecule has 0 aliphatic heterocycles. The maximum absolute atomic E-state index is 8.90. The smallest absolute Gasteiger partial charge is 0.151 e. The van der Waals surface area contributed by atoms with Gasteiger partial charge in [0.25, 0.3) is 0 Å². The second-order valence-corrected chi connectivity index (χ2v) is 3.67. The fraction of sp³-hybridized carbons (Fsp3) is 0.0769. The van der Waals surface area contributed by atoms with Crippen molar-refractivity contribution >= 4 is 17.8 Å². The number of aliphatic hydroxyl groups excluding tert-OH is 1. The van der Waals surface area contributed by atoms with Crippen molar-refractivity contribution in [3.63, 3.8) is 0 Å². The van der Waals surface area contributed by atoms with E-state index in [1.165, 1.54) is 0 Å². The lowest BCUT2D eigenvalue weighted by Gasteiger charge is -2.07. The van der Waals surface area contributed by atoms with Crippen molar-refractivity contribution in [2.75, 3.05) is 12.8 Å². The van der Waals surface area contributed by atoms with Crippen molar-refractivity contribution in [1.82, 2.24) is 15.3 Å². The Morgan fingerprint density at radius 1 is 1.22 bits per heavy atom. The Bertz CT molecular complexity index is 643. The van der Waals surface area contributed by atoms with Crippen LogP contribution >= 0.6 is 0 Å². The Morgan fingerprint density at radius 3 is 2.44 bits per heavy atom. The molecule has 5 nitrogen and oxygen atoms in total. The number of hydrogen-bond donors (Lipinski definition) is 3. The molecule has 1 aromatic carbocycles. The van der Waals surface area contributed by atoms with E-state index in [4.69, 9.17) is 10.8 Å². The molecule has 0 fully saturated rings. The number of nitrogen functional groups attached to an aromatic ring is 1. The molecule has 0 saturated carbocycles. The summed E-state index contributed by atoms with van der Waals surface area (Å²) >= 11 is 0. The first-order chi connectivity index (χ1) is 8.76. The van der Waals surface area contributed by atoms with Gasteiger partial charge in [-0.15, -0.1) is 0 Å². The van der Waals surface area contributed by atoms with Gasteiger partial charge in [-0.05, 0) is 5.22 Å². The number of anilines is 1. The maximum Gasteiger partial charge on any atom is 0.151 e. The average molecular weight is 242 g/mol. The Kier molecular flexibility index (Phi) is 3.43. The normalized spacial score (nSPS) is 9.83. The molecule has 2 aromatic rings. The van der Waals surface area contributed by atoms with Crippen molar-refractivity contribution in [3.8, 4) is 0 Å². The molecule has 1 heterocycles. The zero-order chi connectivity index (χ0) is 13.0. The highest BCUT2D eigenvalue weighted by Crippen LogP contribution is 2.09. The minimum atomic E-state index is 0.375. The van der Waals surface area contributed by atoms with Gasteiger partial charge in [-0.25, -0.2) is 9.97 Å². The van der Waals surface area contributed by atoms with Crippen molar-refractivity contribution in [2.45, 2.75) is 0 Å². The van der Waals surface area contributed by atoms with Crippen LogP contribution in [0.25, 0.3) is 12.0 Å². The Balaban J connectivity index is 2.67. The second-order valence-electron chi connectivity index (χ2n) is 3.67. The highest BCUT2D eigenvalue weighted by atomic mass is 16.2. The topological polar surface area (TPSA) is 84.1 Å². The van der Waals surface area contributed by atoms with Gasteiger partial charge >= 0.3 is 0 Å². The summed E-state index contributed by atoms with van der Waals surface area (Å²) in [6.45, 7) is 0. The first-order valence-electron chi connectivity index (χ1n) is 5.45. The lowest BCUT2D eigenvalue weighted by molar-refractivity contribution is 0.540. The van der Waals surface area contributed by atoms with Gasteiger partial charge in [-0.2, -0.15) is 0 Å². The molecule has 1 aromatic heterocycles. The molecule has 0 spiro atoms. The van der Waals surface area contributed by atoms with E-state index in [0.717, 1.165) is 22.4 Å². The lowest BCUT2D eigenvalue weighted by atomic mass is 10.2. The van der Waals surface area contributed by atoms with Crippen LogP contribution < -0.4 is 21.5 Å². The van der Waals surface area contributed by atoms with Crippen molar-refractivity contribution in [1.29, 1.82) is 0 Å². The molecule has 0 aliphatic carbocycles. The largest absolute Gasteiger partial charge is 0.515 e. The van der Waals surface area contributed by atoms with E-state index in [1.54, 1.807) is 31.6 Å². The maximum atomic E-state index is 8.90. The predicted octanol–water partition coefficient (Wildman–Crippen LogP) is -0.269. The van der Waals surface area contributed by atoms with Gasteiger partial charge in [0, 0.05) is 24.7 Å². The molecule has 5 heteroatoms. The first kappa shape index (κ1) is 11.9. The van der Waals surface area contributed by atoms with E-state index in [0.29, 0.717) is 11.5 Å². The van der Waals surface area contributed by atoms with E-state index in [9.17, 15) is 0 Å². The zero-order valence-electron chi connectivity index (χ0n) is 9.96. The Morgan fingerprint density at radius 2 is 1.89 bits per heavy atom. The van der Waals surface area contributed by atoms with Gasteiger partial charge in [0.15, 0.2) is 5.82 Å². The summed E-state index contributed by atoms with van der Waals surface area (Å²) in [5.74, 6) is 0.375. The average Bonchev–Trinajstić information content (AvgIpc) is 2.42. The minimum absolute atomic E-state index is 0.375. The molecule has 0 saturated heterocycles. The number of nitrogens with zero attached hydrogens (tertiary/aromatic N) is 2.